The van der Waals surface area contributed by atoms with E-state index >= 15 is 0 Å². The van der Waals surface area contributed by atoms with Crippen molar-refractivity contribution in [2.75, 3.05) is 98.6 Å². The van der Waals surface area contributed by atoms with Gasteiger partial charge in [0, 0.05) is 83.7 Å². The van der Waals surface area contributed by atoms with E-state index in [-0.39, 0.29) is 42.8 Å². The predicted molar refractivity (Wildman–Crippen MR) is 367 cm³/mol. The quantitative estimate of drug-likeness (QED) is 0.0171. The first-order chi connectivity index (χ1) is 49.5. The summed E-state index contributed by atoms with van der Waals surface area (Å²) in [4.78, 5) is 52.1. The van der Waals surface area contributed by atoms with Gasteiger partial charge < -0.3 is 43.0 Å². The molecule has 18 nitrogen and oxygen atoms in total. The minimum Gasteiger partial charge on any atom is -0.496 e. The summed E-state index contributed by atoms with van der Waals surface area (Å²) in [5.41, 5.74) is -4.12. The molecule has 105 heavy (non-hydrogen) atoms. The topological polar surface area (TPSA) is 240 Å². The van der Waals surface area contributed by atoms with Crippen LogP contribution in [0.25, 0.3) is 0 Å². The molecule has 0 heterocycles. The van der Waals surface area contributed by atoms with Crippen LogP contribution in [-0.2, 0) is 71.1 Å². The lowest BCUT2D eigenvalue weighted by molar-refractivity contribution is -0.193. The van der Waals surface area contributed by atoms with E-state index in [0.29, 0.717) is 77.0 Å². The van der Waals surface area contributed by atoms with Gasteiger partial charge in [-0.2, -0.15) is 89.9 Å². The van der Waals surface area contributed by atoms with E-state index in [2.05, 4.69) is 36.2 Å². The third kappa shape index (κ3) is 42.3. The Balaban J connectivity index is 0.00000138. The van der Waals surface area contributed by atoms with Crippen molar-refractivity contribution in [1.82, 2.24) is 0 Å². The van der Waals surface area contributed by atoms with Gasteiger partial charge in [-0.15, -0.1) is 35.3 Å². The molecule has 6 rings (SSSR count). The van der Waals surface area contributed by atoms with Crippen LogP contribution in [0, 0.1) is 38.5 Å². The Hall–Kier alpha value is -7.74. The van der Waals surface area contributed by atoms with Crippen LogP contribution < -0.4 is 28.4 Å². The van der Waals surface area contributed by atoms with Crippen molar-refractivity contribution in [1.29, 1.82) is 0 Å². The van der Waals surface area contributed by atoms with Gasteiger partial charge in [0.05, 0.1) is 63.9 Å². The molecule has 0 spiro atoms. The van der Waals surface area contributed by atoms with Crippen LogP contribution in [-0.4, -0.2) is 136 Å². The van der Waals surface area contributed by atoms with Crippen molar-refractivity contribution in [2.24, 2.45) is 17.8 Å². The average molecular weight is 1580 g/mol. The van der Waals surface area contributed by atoms with Gasteiger partial charge in [0.15, 0.2) is 0 Å². The number of thioether (sulfide) groups is 3. The Morgan fingerprint density at radius 3 is 0.895 bits per heavy atom. The second-order valence-corrected chi connectivity index (χ2v) is 26.6. The van der Waals surface area contributed by atoms with Crippen LogP contribution in [0.15, 0.2) is 142 Å². The Morgan fingerprint density at radius 1 is 0.410 bits per heavy atom. The second-order valence-electron chi connectivity index (χ2n) is 21.6. The average Bonchev–Trinajstić information content (AvgIpc) is 0.867. The fourth-order valence-electron chi connectivity index (χ4n) is 8.11. The lowest BCUT2D eigenvalue weighted by Gasteiger charge is -2.18. The molecule has 0 aromatic heterocycles. The fourth-order valence-corrected chi connectivity index (χ4v) is 11.6. The summed E-state index contributed by atoms with van der Waals surface area (Å²) in [6.07, 6.45) is -8.19. The van der Waals surface area contributed by atoms with E-state index in [1.54, 1.807) is 56.6 Å². The molecular weight excluding hydrogens is 1500 g/mol. The predicted octanol–water partition coefficient (Wildman–Crippen LogP) is 17.2. The van der Waals surface area contributed by atoms with Gasteiger partial charge in [0.2, 0.25) is 0 Å². The zero-order valence-electron chi connectivity index (χ0n) is 58.7. The van der Waals surface area contributed by atoms with E-state index in [9.17, 15) is 66.2 Å². The van der Waals surface area contributed by atoms with E-state index in [1.807, 2.05) is 57.2 Å². The summed E-state index contributed by atoms with van der Waals surface area (Å²) in [6, 6.07) is 32.5. The lowest BCUT2D eigenvalue weighted by atomic mass is 10.1. The lowest BCUT2D eigenvalue weighted by Crippen LogP contribution is -2.23. The smallest absolute Gasteiger partial charge is 0.496 e. The maximum Gasteiger partial charge on any atom is 0.523 e. The largest absolute Gasteiger partial charge is 0.523 e. The summed E-state index contributed by atoms with van der Waals surface area (Å²) in [5, 5.41) is 9.31. The molecule has 3 atom stereocenters. The molecule has 6 aromatic carbocycles. The normalized spacial score (nSPS) is 11.9. The molecule has 584 valence electrons. The monoisotopic (exact) mass is 1580 g/mol. The fraction of sp³-hybridized carbons (Fsp3) is 0.451. The molecule has 0 amide bonds. The molecular formula is C71H84F12O18S4. The highest BCUT2D eigenvalue weighted by Crippen LogP contribution is 2.36. The highest BCUT2D eigenvalue weighted by Gasteiger charge is 2.46. The number of methoxy groups -OCH3 is 3. The van der Waals surface area contributed by atoms with Crippen LogP contribution >= 0.6 is 35.3 Å². The summed E-state index contributed by atoms with van der Waals surface area (Å²) < 4.78 is 214. The van der Waals surface area contributed by atoms with Crippen LogP contribution in [0.3, 0.4) is 0 Å². The molecule has 0 aliphatic carbocycles. The maximum atomic E-state index is 12.7. The Kier molecular flexibility index (Phi) is 49.2. The van der Waals surface area contributed by atoms with Gasteiger partial charge in [0.1, 0.15) is 34.5 Å². The zero-order chi connectivity index (χ0) is 79.7. The third-order valence-electron chi connectivity index (χ3n) is 13.5. The SMILES string of the molecule is CCCOc1ccc(SCC(CCO)COc2ccc(C(F)(F)F)cc2)cc1C.CCCOc1ccc(SCC(CCOC)COc2ccc(C(F)(F)F)cc2)cc1C.COCCC(COc1ccc(C(F)(F)F)cc1)CSc1ccc(OC)c(C)c1.COS(=O)(=O)C(F)(F)F.O=C=O.O=C=O.O=C=O. The number of benzene rings is 6. The molecule has 0 fully saturated rings. The van der Waals surface area contributed by atoms with E-state index in [0.717, 1.165) is 128 Å². The molecule has 0 aliphatic heterocycles. The van der Waals surface area contributed by atoms with Gasteiger partial charge in [-0.05, 0) is 197 Å². The van der Waals surface area contributed by atoms with E-state index in [4.69, 9.17) is 66.7 Å². The molecule has 0 bridgehead atoms. The number of aryl methyl sites for hydroxylation is 3. The first-order valence-corrected chi connectivity index (χ1v) is 35.8. The van der Waals surface area contributed by atoms with Gasteiger partial charge in [-0.25, -0.2) is 0 Å². The molecule has 0 aliphatic rings. The summed E-state index contributed by atoms with van der Waals surface area (Å²) in [5.74, 6) is 6.74. The first kappa shape index (κ1) is 97.3. The number of ether oxygens (including phenoxy) is 8. The maximum absolute atomic E-state index is 12.7. The Morgan fingerprint density at radius 2 is 0.686 bits per heavy atom. The minimum absolute atomic E-state index is 0.0322. The number of aliphatic hydroxyl groups excluding tert-OH is 1. The van der Waals surface area contributed by atoms with Gasteiger partial charge in [0.25, 0.3) is 0 Å². The summed E-state index contributed by atoms with van der Waals surface area (Å²) in [6.45, 7) is 14.0. The molecule has 3 unspecified atom stereocenters. The molecule has 0 saturated heterocycles. The molecule has 0 saturated carbocycles. The first-order valence-electron chi connectivity index (χ1n) is 31.4. The number of aliphatic hydroxyl groups is 1. The van der Waals surface area contributed by atoms with Crippen LogP contribution in [0.2, 0.25) is 0 Å². The van der Waals surface area contributed by atoms with Crippen molar-refractivity contribution in [3.8, 4) is 34.5 Å². The zero-order valence-corrected chi connectivity index (χ0v) is 62.0. The van der Waals surface area contributed by atoms with Crippen molar-refractivity contribution in [2.45, 2.75) is 105 Å². The Bertz CT molecular complexity index is 3540. The highest BCUT2D eigenvalue weighted by molar-refractivity contribution is 7.99. The number of hydrogen-bond acceptors (Lipinski definition) is 21. The van der Waals surface area contributed by atoms with Gasteiger partial charge >= 0.3 is 52.6 Å². The van der Waals surface area contributed by atoms with E-state index in [1.165, 1.54) is 36.4 Å². The van der Waals surface area contributed by atoms with E-state index < -0.39 is 50.8 Å². The van der Waals surface area contributed by atoms with Gasteiger partial charge in [-0.3, -0.25) is 4.18 Å². The number of rotatable bonds is 34. The van der Waals surface area contributed by atoms with Gasteiger partial charge in [-0.1, -0.05) is 13.8 Å². The number of alkyl halides is 12. The highest BCUT2D eigenvalue weighted by atomic mass is 32.2. The van der Waals surface area contributed by atoms with Crippen molar-refractivity contribution >= 4 is 63.9 Å². The standard InChI is InChI=1S/C23H29F3O3S.C22H27F3O3S.C21H25F3O3S.C2H3F3O3S.3CO2/c1-4-12-28-22-10-9-21(14-17(22)2)30-16-18(11-13-27-3)15-29-20-7-5-19(6-8-20)23(24,25)26;1-3-12-27-21-9-8-20(13-16(21)2)29-15-17(10-11-26)14-28-19-6-4-18(5-7-19)22(23,24)25;1-15-12-19(8-9-20(15)26-3)28-14-16(10-11-25-2)13-27-18-6-4-17(5-7-18)21(22,23)24;1-8-9(6,7)2(3,4)5;3*2-1-3/h5-10,14,18H,4,11-13,15-16H2,1-3H3;4-9,13,17,26H,3,10-12,14-15H2,1-2H3;4-9,12,16H,10-11,13-14H2,1-3H3;1H3;;;. The minimum atomic E-state index is -5.34. The van der Waals surface area contributed by atoms with Crippen LogP contribution in [0.1, 0.15) is 79.3 Å². The molecule has 6 aromatic rings. The second kappa shape index (κ2) is 53.1. The number of carbonyl (C=O) groups excluding carboxylic acids is 6. The summed E-state index contributed by atoms with van der Waals surface area (Å²) in [7, 11) is 0.0576. The molecule has 1 N–H and O–H groups in total. The third-order valence-corrected chi connectivity index (χ3v) is 18.2. The van der Waals surface area contributed by atoms with Crippen LogP contribution in [0.5, 0.6) is 34.5 Å². The number of hydrogen-bond donors (Lipinski definition) is 1. The molecule has 34 heteroatoms. The Labute approximate surface area is 615 Å². The number of halogens is 12. The van der Waals surface area contributed by atoms with Crippen molar-refractivity contribution in [3.63, 3.8) is 0 Å². The molecule has 0 radical (unpaired) electrons. The van der Waals surface area contributed by atoms with Crippen molar-refractivity contribution < 1.29 is 137 Å². The summed E-state index contributed by atoms with van der Waals surface area (Å²) >= 11 is 5.10. The van der Waals surface area contributed by atoms with Crippen LogP contribution in [0.4, 0.5) is 52.7 Å². The van der Waals surface area contributed by atoms with Crippen molar-refractivity contribution in [3.05, 3.63) is 161 Å².